The van der Waals surface area contributed by atoms with Gasteiger partial charge in [0.15, 0.2) is 0 Å². The van der Waals surface area contributed by atoms with E-state index in [0.717, 1.165) is 18.4 Å². The Morgan fingerprint density at radius 2 is 2.21 bits per heavy atom. The number of imidazole rings is 1. The van der Waals surface area contributed by atoms with Crippen LogP contribution in [0.2, 0.25) is 0 Å². The van der Waals surface area contributed by atoms with E-state index in [1.165, 1.54) is 12.1 Å². The Morgan fingerprint density at radius 3 is 2.84 bits per heavy atom. The number of hydrogen-bond donors (Lipinski definition) is 2. The molecule has 0 aliphatic carbocycles. The fourth-order valence-electron chi connectivity index (χ4n) is 2.04. The predicted molar refractivity (Wildman–Crippen MR) is 68.0 cm³/mol. The molecule has 0 radical (unpaired) electrons. The summed E-state index contributed by atoms with van der Waals surface area (Å²) in [4.78, 5) is 4.22. The highest BCUT2D eigenvalue weighted by Crippen LogP contribution is 2.21. The Hall–Kier alpha value is -1.79. The van der Waals surface area contributed by atoms with Crippen molar-refractivity contribution in [2.24, 2.45) is 5.84 Å². The lowest BCUT2D eigenvalue weighted by molar-refractivity contribution is 0.487. The Bertz CT molecular complexity index is 553. The molecule has 19 heavy (non-hydrogen) atoms. The van der Waals surface area contributed by atoms with Crippen molar-refractivity contribution in [3.8, 4) is 0 Å². The third-order valence-corrected chi connectivity index (χ3v) is 3.07. The zero-order chi connectivity index (χ0) is 13.8. The number of nitrogens with zero attached hydrogens (tertiary/aromatic N) is 2. The van der Waals surface area contributed by atoms with Gasteiger partial charge in [-0.25, -0.2) is 13.8 Å². The summed E-state index contributed by atoms with van der Waals surface area (Å²) in [5.74, 6) is 5.05. The quantitative estimate of drug-likeness (QED) is 0.642. The maximum absolute atomic E-state index is 13.7. The first-order valence-electron chi connectivity index (χ1n) is 6.06. The first kappa shape index (κ1) is 13.6. The fraction of sp³-hybridized carbons (Fsp3) is 0.308. The average Bonchev–Trinajstić information content (AvgIpc) is 2.84. The highest BCUT2D eigenvalue weighted by Gasteiger charge is 2.17. The molecule has 1 unspecified atom stereocenters. The van der Waals surface area contributed by atoms with Crippen molar-refractivity contribution in [1.82, 2.24) is 15.0 Å². The lowest BCUT2D eigenvalue weighted by Crippen LogP contribution is -2.31. The number of aromatic nitrogens is 2. The standard InChI is InChI=1S/C13H16F2N4/c1-2-19-6-5-17-13(19)8-12(18-16)10-4-3-9(14)7-11(10)15/h3-7,12,18H,2,8,16H2,1H3. The van der Waals surface area contributed by atoms with Crippen molar-refractivity contribution in [1.29, 1.82) is 0 Å². The van der Waals surface area contributed by atoms with Crippen LogP contribution >= 0.6 is 0 Å². The molecular weight excluding hydrogens is 250 g/mol. The van der Waals surface area contributed by atoms with E-state index in [9.17, 15) is 8.78 Å². The van der Waals surface area contributed by atoms with E-state index < -0.39 is 17.7 Å². The third kappa shape index (κ3) is 2.97. The molecular formula is C13H16F2N4. The van der Waals surface area contributed by atoms with E-state index in [1.807, 2.05) is 17.7 Å². The molecule has 0 fully saturated rings. The molecule has 1 aromatic heterocycles. The van der Waals surface area contributed by atoms with Crippen LogP contribution < -0.4 is 11.3 Å². The van der Waals surface area contributed by atoms with Crippen LogP contribution in [-0.4, -0.2) is 9.55 Å². The van der Waals surface area contributed by atoms with Gasteiger partial charge >= 0.3 is 0 Å². The first-order valence-corrected chi connectivity index (χ1v) is 6.06. The van der Waals surface area contributed by atoms with Gasteiger partial charge in [-0.05, 0) is 13.0 Å². The molecule has 0 spiro atoms. The highest BCUT2D eigenvalue weighted by molar-refractivity contribution is 5.23. The zero-order valence-electron chi connectivity index (χ0n) is 10.6. The molecule has 6 heteroatoms. The number of hydrogen-bond acceptors (Lipinski definition) is 3. The van der Waals surface area contributed by atoms with E-state index in [0.29, 0.717) is 12.0 Å². The van der Waals surface area contributed by atoms with E-state index >= 15 is 0 Å². The normalized spacial score (nSPS) is 12.6. The maximum atomic E-state index is 13.7. The number of nitrogens with one attached hydrogen (secondary N) is 1. The Morgan fingerprint density at radius 1 is 1.42 bits per heavy atom. The molecule has 4 nitrogen and oxygen atoms in total. The molecule has 0 saturated heterocycles. The lowest BCUT2D eigenvalue weighted by atomic mass is 10.0. The maximum Gasteiger partial charge on any atom is 0.130 e. The number of hydrazine groups is 1. The summed E-state index contributed by atoms with van der Waals surface area (Å²) >= 11 is 0. The first-order chi connectivity index (χ1) is 9.15. The van der Waals surface area contributed by atoms with Gasteiger partial charge < -0.3 is 4.57 Å². The second-order valence-corrected chi connectivity index (χ2v) is 4.22. The van der Waals surface area contributed by atoms with Gasteiger partial charge in [0.05, 0.1) is 6.04 Å². The second-order valence-electron chi connectivity index (χ2n) is 4.22. The monoisotopic (exact) mass is 266 g/mol. The van der Waals surface area contributed by atoms with Crippen LogP contribution in [0.3, 0.4) is 0 Å². The fourth-order valence-corrected chi connectivity index (χ4v) is 2.04. The Labute approximate surface area is 110 Å². The van der Waals surface area contributed by atoms with Crippen LogP contribution in [0.15, 0.2) is 30.6 Å². The van der Waals surface area contributed by atoms with Crippen molar-refractivity contribution in [2.45, 2.75) is 25.9 Å². The molecule has 1 aromatic carbocycles. The van der Waals surface area contributed by atoms with Gasteiger partial charge in [-0.2, -0.15) is 0 Å². The minimum Gasteiger partial charge on any atom is -0.335 e. The molecule has 1 heterocycles. The molecule has 0 aliphatic heterocycles. The summed E-state index contributed by atoms with van der Waals surface area (Å²) in [7, 11) is 0. The molecule has 1 atom stereocenters. The molecule has 3 N–H and O–H groups in total. The smallest absolute Gasteiger partial charge is 0.130 e. The van der Waals surface area contributed by atoms with Crippen LogP contribution in [-0.2, 0) is 13.0 Å². The zero-order valence-corrected chi connectivity index (χ0v) is 10.6. The molecule has 2 aromatic rings. The van der Waals surface area contributed by atoms with Gasteiger partial charge in [-0.1, -0.05) is 6.07 Å². The SMILES string of the molecule is CCn1ccnc1CC(NN)c1ccc(F)cc1F. The van der Waals surface area contributed by atoms with Crippen molar-refractivity contribution in [3.63, 3.8) is 0 Å². The van der Waals surface area contributed by atoms with E-state index in [-0.39, 0.29) is 0 Å². The van der Waals surface area contributed by atoms with E-state index in [1.54, 1.807) is 6.20 Å². The molecule has 2 rings (SSSR count). The summed E-state index contributed by atoms with van der Waals surface area (Å²) in [5.41, 5.74) is 2.88. The van der Waals surface area contributed by atoms with Crippen molar-refractivity contribution < 1.29 is 8.78 Å². The van der Waals surface area contributed by atoms with Gasteiger partial charge in [0.1, 0.15) is 17.5 Å². The van der Waals surface area contributed by atoms with E-state index in [2.05, 4.69) is 10.4 Å². The van der Waals surface area contributed by atoms with Crippen molar-refractivity contribution >= 4 is 0 Å². The number of benzene rings is 1. The largest absolute Gasteiger partial charge is 0.335 e. The summed E-state index contributed by atoms with van der Waals surface area (Å²) < 4.78 is 28.6. The Balaban J connectivity index is 2.25. The van der Waals surface area contributed by atoms with Crippen LogP contribution in [0.4, 0.5) is 8.78 Å². The van der Waals surface area contributed by atoms with Gasteiger partial charge in [0, 0.05) is 37.0 Å². The summed E-state index contributed by atoms with van der Waals surface area (Å²) in [6, 6.07) is 3.02. The topological polar surface area (TPSA) is 55.9 Å². The van der Waals surface area contributed by atoms with Gasteiger partial charge in [-0.3, -0.25) is 11.3 Å². The number of aryl methyl sites for hydroxylation is 1. The molecule has 0 saturated carbocycles. The number of halogens is 2. The second kappa shape index (κ2) is 5.90. The molecule has 0 aliphatic rings. The molecule has 102 valence electrons. The van der Waals surface area contributed by atoms with Gasteiger partial charge in [0.2, 0.25) is 0 Å². The molecule has 0 amide bonds. The number of nitrogens with two attached hydrogens (primary N) is 1. The van der Waals surface area contributed by atoms with Crippen LogP contribution in [0, 0.1) is 11.6 Å². The van der Waals surface area contributed by atoms with Gasteiger partial charge in [0.25, 0.3) is 0 Å². The summed E-state index contributed by atoms with van der Waals surface area (Å²) in [6.45, 7) is 2.77. The average molecular weight is 266 g/mol. The predicted octanol–water partition coefficient (Wildman–Crippen LogP) is 1.93. The van der Waals surface area contributed by atoms with Crippen molar-refractivity contribution in [2.75, 3.05) is 0 Å². The van der Waals surface area contributed by atoms with Crippen LogP contribution in [0.5, 0.6) is 0 Å². The highest BCUT2D eigenvalue weighted by atomic mass is 19.1. The third-order valence-electron chi connectivity index (χ3n) is 3.07. The Kier molecular flexibility index (Phi) is 4.24. The lowest BCUT2D eigenvalue weighted by Gasteiger charge is -2.17. The number of rotatable bonds is 5. The van der Waals surface area contributed by atoms with Gasteiger partial charge in [-0.15, -0.1) is 0 Å². The van der Waals surface area contributed by atoms with E-state index in [4.69, 9.17) is 5.84 Å². The summed E-state index contributed by atoms with van der Waals surface area (Å²) in [6.07, 6.45) is 3.97. The minimum atomic E-state index is -0.613. The summed E-state index contributed by atoms with van der Waals surface area (Å²) in [5, 5.41) is 0. The molecule has 0 bridgehead atoms. The van der Waals surface area contributed by atoms with Crippen LogP contribution in [0.1, 0.15) is 24.4 Å². The van der Waals surface area contributed by atoms with Crippen molar-refractivity contribution in [3.05, 3.63) is 53.6 Å². The minimum absolute atomic E-state index is 0.328. The van der Waals surface area contributed by atoms with Crippen LogP contribution in [0.25, 0.3) is 0 Å².